The fourth-order valence-electron chi connectivity index (χ4n) is 1.20. The fourth-order valence-corrected chi connectivity index (χ4v) is 1.20. The first kappa shape index (κ1) is 17.8. The summed E-state index contributed by atoms with van der Waals surface area (Å²) in [7, 11) is 0. The molecule has 0 amide bonds. The maximum Gasteiger partial charge on any atom is 0.328 e. The first-order chi connectivity index (χ1) is 7.97. The number of carboxylic acid groups (broad SMARTS) is 2. The Labute approximate surface area is 103 Å². The van der Waals surface area contributed by atoms with E-state index in [1.54, 1.807) is 5.57 Å². The number of allylic oxidation sites excluding steroid dienone is 2. The average Bonchev–Trinajstić information content (AvgIpc) is 2.27. The lowest BCUT2D eigenvalue weighted by Gasteiger charge is -2.00. The second-order valence-corrected chi connectivity index (χ2v) is 3.46. The molecule has 0 saturated heterocycles. The minimum atomic E-state index is -1.26. The molecule has 0 aromatic carbocycles. The van der Waals surface area contributed by atoms with Crippen LogP contribution in [0.4, 0.5) is 0 Å². The Hall–Kier alpha value is -1.58. The van der Waals surface area contributed by atoms with Crippen LogP contribution in [-0.2, 0) is 9.59 Å². The van der Waals surface area contributed by atoms with Crippen molar-refractivity contribution in [1.82, 2.24) is 0 Å². The van der Waals surface area contributed by atoms with E-state index in [9.17, 15) is 9.59 Å². The lowest BCUT2D eigenvalue weighted by Crippen LogP contribution is -1.91. The second-order valence-electron chi connectivity index (χ2n) is 3.46. The number of rotatable bonds is 6. The van der Waals surface area contributed by atoms with Crippen molar-refractivity contribution in [3.05, 3.63) is 23.8 Å². The van der Waals surface area contributed by atoms with Crippen LogP contribution in [0.25, 0.3) is 0 Å². The van der Waals surface area contributed by atoms with Crippen molar-refractivity contribution in [2.24, 2.45) is 0 Å². The van der Waals surface area contributed by atoms with E-state index in [0.29, 0.717) is 12.2 Å². The third-order valence-corrected chi connectivity index (χ3v) is 1.92. The number of carboxylic acids is 2. The SMILES string of the molecule is CC=C(CCC)CCC.O=C(O)/C=C\C(=O)O. The van der Waals surface area contributed by atoms with E-state index < -0.39 is 11.9 Å². The van der Waals surface area contributed by atoms with E-state index in [2.05, 4.69) is 26.8 Å². The van der Waals surface area contributed by atoms with E-state index in [1.165, 1.54) is 25.7 Å². The van der Waals surface area contributed by atoms with E-state index >= 15 is 0 Å². The van der Waals surface area contributed by atoms with Crippen LogP contribution in [0, 0.1) is 0 Å². The smallest absolute Gasteiger partial charge is 0.328 e. The molecule has 2 N–H and O–H groups in total. The number of carbonyl (C=O) groups is 2. The molecular weight excluding hydrogens is 220 g/mol. The molecule has 0 unspecified atom stereocenters. The van der Waals surface area contributed by atoms with E-state index in [4.69, 9.17) is 10.2 Å². The van der Waals surface area contributed by atoms with Crippen molar-refractivity contribution in [1.29, 1.82) is 0 Å². The van der Waals surface area contributed by atoms with Gasteiger partial charge in [-0.25, -0.2) is 9.59 Å². The Balaban J connectivity index is 0. The number of hydrogen-bond donors (Lipinski definition) is 2. The molecule has 0 spiro atoms. The van der Waals surface area contributed by atoms with Crippen molar-refractivity contribution in [2.75, 3.05) is 0 Å². The van der Waals surface area contributed by atoms with Crippen molar-refractivity contribution in [3.63, 3.8) is 0 Å². The molecule has 0 radical (unpaired) electrons. The maximum atomic E-state index is 9.55. The third-order valence-electron chi connectivity index (χ3n) is 1.92. The van der Waals surface area contributed by atoms with Crippen LogP contribution in [0.3, 0.4) is 0 Å². The van der Waals surface area contributed by atoms with Crippen molar-refractivity contribution >= 4 is 11.9 Å². The van der Waals surface area contributed by atoms with Gasteiger partial charge in [0.05, 0.1) is 0 Å². The second kappa shape index (κ2) is 12.5. The van der Waals surface area contributed by atoms with Gasteiger partial charge in [0.25, 0.3) is 0 Å². The van der Waals surface area contributed by atoms with Crippen molar-refractivity contribution < 1.29 is 19.8 Å². The molecule has 4 nitrogen and oxygen atoms in total. The summed E-state index contributed by atoms with van der Waals surface area (Å²) in [6, 6.07) is 0. The van der Waals surface area contributed by atoms with Crippen LogP contribution in [-0.4, -0.2) is 22.2 Å². The van der Waals surface area contributed by atoms with Gasteiger partial charge in [0.1, 0.15) is 0 Å². The zero-order valence-electron chi connectivity index (χ0n) is 10.8. The zero-order chi connectivity index (χ0) is 13.7. The predicted octanol–water partition coefficient (Wildman–Crippen LogP) is 3.24. The third kappa shape index (κ3) is 17.1. The van der Waals surface area contributed by atoms with Gasteiger partial charge < -0.3 is 10.2 Å². The predicted molar refractivity (Wildman–Crippen MR) is 68.0 cm³/mol. The largest absolute Gasteiger partial charge is 0.478 e. The van der Waals surface area contributed by atoms with Gasteiger partial charge >= 0.3 is 11.9 Å². The van der Waals surface area contributed by atoms with E-state index in [0.717, 1.165) is 0 Å². The molecule has 0 aliphatic rings. The van der Waals surface area contributed by atoms with Crippen molar-refractivity contribution in [3.8, 4) is 0 Å². The Morgan fingerprint density at radius 2 is 1.29 bits per heavy atom. The molecule has 0 fully saturated rings. The van der Waals surface area contributed by atoms with Gasteiger partial charge in [0, 0.05) is 12.2 Å². The van der Waals surface area contributed by atoms with E-state index in [-0.39, 0.29) is 0 Å². The first-order valence-corrected chi connectivity index (χ1v) is 5.75. The molecule has 0 rings (SSSR count). The van der Waals surface area contributed by atoms with Crippen LogP contribution < -0.4 is 0 Å². The average molecular weight is 242 g/mol. The summed E-state index contributed by atoms with van der Waals surface area (Å²) in [5.74, 6) is -2.51. The van der Waals surface area contributed by atoms with Gasteiger partial charge in [0.2, 0.25) is 0 Å². The number of aliphatic carboxylic acids is 2. The summed E-state index contributed by atoms with van der Waals surface area (Å²) in [6.07, 6.45) is 8.55. The van der Waals surface area contributed by atoms with Gasteiger partial charge in [-0.3, -0.25) is 0 Å². The highest BCUT2D eigenvalue weighted by Gasteiger charge is 1.90. The quantitative estimate of drug-likeness (QED) is 0.554. The first-order valence-electron chi connectivity index (χ1n) is 5.75. The molecule has 0 aliphatic carbocycles. The van der Waals surface area contributed by atoms with Crippen LogP contribution >= 0.6 is 0 Å². The lowest BCUT2D eigenvalue weighted by atomic mass is 10.1. The van der Waals surface area contributed by atoms with Crippen molar-refractivity contribution in [2.45, 2.75) is 46.5 Å². The van der Waals surface area contributed by atoms with Crippen LogP contribution in [0.5, 0.6) is 0 Å². The van der Waals surface area contributed by atoms with Gasteiger partial charge in [-0.1, -0.05) is 38.3 Å². The molecule has 0 bridgehead atoms. The fraction of sp³-hybridized carbons (Fsp3) is 0.538. The van der Waals surface area contributed by atoms with Gasteiger partial charge in [0.15, 0.2) is 0 Å². The highest BCUT2D eigenvalue weighted by Crippen LogP contribution is 2.10. The molecule has 0 heterocycles. The molecule has 0 aromatic rings. The summed E-state index contributed by atoms with van der Waals surface area (Å²) >= 11 is 0. The molecule has 4 heteroatoms. The zero-order valence-corrected chi connectivity index (χ0v) is 10.8. The summed E-state index contributed by atoms with van der Waals surface area (Å²) in [5.41, 5.74) is 1.63. The minimum absolute atomic E-state index is 0.558. The summed E-state index contributed by atoms with van der Waals surface area (Å²) < 4.78 is 0. The van der Waals surface area contributed by atoms with Gasteiger partial charge in [-0.15, -0.1) is 0 Å². The van der Waals surface area contributed by atoms with Crippen LogP contribution in [0.15, 0.2) is 23.8 Å². The molecule has 0 aromatic heterocycles. The molecule has 17 heavy (non-hydrogen) atoms. The molecule has 0 saturated carbocycles. The van der Waals surface area contributed by atoms with E-state index in [1.807, 2.05) is 0 Å². The van der Waals surface area contributed by atoms with Crippen LogP contribution in [0.2, 0.25) is 0 Å². The molecule has 98 valence electrons. The minimum Gasteiger partial charge on any atom is -0.478 e. The van der Waals surface area contributed by atoms with Gasteiger partial charge in [-0.2, -0.15) is 0 Å². The normalized spacial score (nSPS) is 9.35. The Bertz CT molecular complexity index is 253. The van der Waals surface area contributed by atoms with Gasteiger partial charge in [-0.05, 0) is 19.8 Å². The maximum absolute atomic E-state index is 9.55. The standard InChI is InChI=1S/C9H18.C4H4O4/c1-4-7-9(6-3)8-5-2;5-3(6)1-2-4(7)8/h6H,4-5,7-8H2,1-3H3;1-2H,(H,5,6)(H,7,8)/b;2-1-. The van der Waals surface area contributed by atoms with Crippen LogP contribution in [0.1, 0.15) is 46.5 Å². The highest BCUT2D eigenvalue weighted by atomic mass is 16.4. The monoisotopic (exact) mass is 242 g/mol. The Morgan fingerprint density at radius 3 is 1.47 bits per heavy atom. The molecule has 0 aliphatic heterocycles. The Kier molecular flexibility index (Phi) is 13.1. The summed E-state index contributed by atoms with van der Waals surface area (Å²) in [4.78, 5) is 19.1. The molecular formula is C13H22O4. The summed E-state index contributed by atoms with van der Waals surface area (Å²) in [5, 5.41) is 15.6. The number of hydrogen-bond acceptors (Lipinski definition) is 2. The highest BCUT2D eigenvalue weighted by molar-refractivity contribution is 5.89. The lowest BCUT2D eigenvalue weighted by molar-refractivity contribution is -0.134. The summed E-state index contributed by atoms with van der Waals surface area (Å²) in [6.45, 7) is 6.61. The topological polar surface area (TPSA) is 74.6 Å². The molecule has 0 atom stereocenters. The Morgan fingerprint density at radius 1 is 0.941 bits per heavy atom.